The van der Waals surface area contributed by atoms with E-state index in [1.54, 1.807) is 30.0 Å². The number of sulfonamides is 1. The smallest absolute Gasteiger partial charge is 0.262 e. The Balaban J connectivity index is 0.00000432. The zero-order valence-corrected chi connectivity index (χ0v) is 21.0. The number of hydrogen-bond acceptors (Lipinski definition) is 7. The zero-order chi connectivity index (χ0) is 24.6. The van der Waals surface area contributed by atoms with E-state index in [1.165, 1.54) is 31.4 Å². The molecule has 0 bridgehead atoms. The molecule has 1 atom stereocenters. The highest BCUT2D eigenvalue weighted by atomic mass is 35.5. The third kappa shape index (κ3) is 7.34. The van der Waals surface area contributed by atoms with Gasteiger partial charge in [0, 0.05) is 18.9 Å². The molecule has 12 heteroatoms. The number of nitrogens with zero attached hydrogens (tertiary/aromatic N) is 2. The molecule has 194 valence electrons. The van der Waals surface area contributed by atoms with Crippen molar-refractivity contribution in [2.75, 3.05) is 20.4 Å². The van der Waals surface area contributed by atoms with Gasteiger partial charge in [-0.2, -0.15) is 4.31 Å². The van der Waals surface area contributed by atoms with E-state index in [1.807, 2.05) is 0 Å². The molecule has 0 aliphatic heterocycles. The maximum Gasteiger partial charge on any atom is 0.262 e. The van der Waals surface area contributed by atoms with Crippen LogP contribution in [0.25, 0.3) is 0 Å². The summed E-state index contributed by atoms with van der Waals surface area (Å²) < 4.78 is 51.8. The Morgan fingerprint density at radius 3 is 2.34 bits per heavy atom. The fourth-order valence-corrected chi connectivity index (χ4v) is 5.95. The highest BCUT2D eigenvalue weighted by Gasteiger charge is 2.42. The minimum Gasteiger partial charge on any atom is -0.497 e. The standard InChI is InChI=1S/C23H30FN3O6S.ClH/c1-32-19-6-8-21(9-7-19)34(30,31)27(16-17-10-13-25-14-11-17)22(23(28)26-29)18-2-4-20(5-3-18)33-15-12-24;/h6-11,13-14,18,20,22,29H,2-5,12,15-16H2,1H3,(H,26,28);1H/t18-,20-,22-;/m1./s1. The fourth-order valence-electron chi connectivity index (χ4n) is 4.31. The fraction of sp³-hybridized carbons (Fsp3) is 0.478. The molecule has 1 saturated carbocycles. The number of hydroxylamine groups is 1. The molecule has 0 saturated heterocycles. The Morgan fingerprint density at radius 1 is 1.17 bits per heavy atom. The third-order valence-corrected chi connectivity index (χ3v) is 7.88. The van der Waals surface area contributed by atoms with Crippen molar-refractivity contribution in [3.05, 3.63) is 54.4 Å². The number of benzene rings is 1. The molecule has 0 radical (unpaired) electrons. The number of pyridine rings is 1. The molecule has 0 unspecified atom stereocenters. The summed E-state index contributed by atoms with van der Waals surface area (Å²) in [5.74, 6) is -0.678. The molecule has 9 nitrogen and oxygen atoms in total. The number of carbonyl (C=O) groups excluding carboxylic acids is 1. The molecular weight excluding hydrogens is 501 g/mol. The average molecular weight is 532 g/mol. The van der Waals surface area contributed by atoms with Crippen LogP contribution in [0, 0.1) is 5.92 Å². The van der Waals surface area contributed by atoms with Gasteiger partial charge in [-0.15, -0.1) is 12.4 Å². The van der Waals surface area contributed by atoms with E-state index >= 15 is 0 Å². The van der Waals surface area contributed by atoms with Crippen LogP contribution in [-0.2, 0) is 26.1 Å². The first kappa shape index (κ1) is 28.9. The van der Waals surface area contributed by atoms with Crippen molar-refractivity contribution in [2.45, 2.75) is 49.3 Å². The molecular formula is C23H31ClFN3O6S. The molecule has 1 fully saturated rings. The van der Waals surface area contributed by atoms with Crippen LogP contribution in [0.4, 0.5) is 4.39 Å². The van der Waals surface area contributed by atoms with Gasteiger partial charge in [-0.3, -0.25) is 15.0 Å². The number of rotatable bonds is 11. The molecule has 0 spiro atoms. The van der Waals surface area contributed by atoms with Gasteiger partial charge < -0.3 is 9.47 Å². The predicted molar refractivity (Wildman–Crippen MR) is 129 cm³/mol. The van der Waals surface area contributed by atoms with Crippen LogP contribution in [-0.4, -0.2) is 61.4 Å². The maximum atomic E-state index is 13.8. The lowest BCUT2D eigenvalue weighted by Crippen LogP contribution is -2.53. The number of ether oxygens (including phenoxy) is 2. The molecule has 1 aromatic heterocycles. The lowest BCUT2D eigenvalue weighted by molar-refractivity contribution is -0.136. The molecule has 3 rings (SSSR count). The summed E-state index contributed by atoms with van der Waals surface area (Å²) >= 11 is 0. The number of methoxy groups -OCH3 is 1. The maximum absolute atomic E-state index is 13.8. The molecule has 35 heavy (non-hydrogen) atoms. The minimum absolute atomic E-state index is 0. The number of carbonyl (C=O) groups is 1. The van der Waals surface area contributed by atoms with Crippen molar-refractivity contribution >= 4 is 28.3 Å². The van der Waals surface area contributed by atoms with Crippen molar-refractivity contribution in [1.29, 1.82) is 0 Å². The largest absolute Gasteiger partial charge is 0.497 e. The van der Waals surface area contributed by atoms with Gasteiger partial charge in [0.1, 0.15) is 18.5 Å². The highest BCUT2D eigenvalue weighted by molar-refractivity contribution is 7.89. The Hall–Kier alpha value is -2.31. The molecule has 1 aromatic carbocycles. The monoisotopic (exact) mass is 531 g/mol. The summed E-state index contributed by atoms with van der Waals surface area (Å²) in [4.78, 5) is 16.9. The van der Waals surface area contributed by atoms with E-state index in [9.17, 15) is 22.8 Å². The van der Waals surface area contributed by atoms with Gasteiger partial charge >= 0.3 is 0 Å². The second kappa shape index (κ2) is 13.7. The normalized spacial score (nSPS) is 19.0. The predicted octanol–water partition coefficient (Wildman–Crippen LogP) is 3.12. The molecule has 2 aromatic rings. The Morgan fingerprint density at radius 2 is 1.80 bits per heavy atom. The Kier molecular flexibility index (Phi) is 11.3. The van der Waals surface area contributed by atoms with E-state index in [0.29, 0.717) is 37.0 Å². The van der Waals surface area contributed by atoms with Crippen molar-refractivity contribution in [1.82, 2.24) is 14.8 Å². The van der Waals surface area contributed by atoms with Gasteiger partial charge in [0.05, 0.1) is 24.7 Å². The molecule has 1 aliphatic carbocycles. The number of amides is 1. The summed E-state index contributed by atoms with van der Waals surface area (Å²) in [6, 6.07) is 8.09. The first-order chi connectivity index (χ1) is 16.4. The molecule has 2 N–H and O–H groups in total. The van der Waals surface area contributed by atoms with Gasteiger partial charge in [0.2, 0.25) is 10.0 Å². The van der Waals surface area contributed by atoms with Crippen molar-refractivity contribution < 1.29 is 32.3 Å². The lowest BCUT2D eigenvalue weighted by Gasteiger charge is -2.38. The van der Waals surface area contributed by atoms with Gasteiger partial charge in [0.25, 0.3) is 5.91 Å². The van der Waals surface area contributed by atoms with Gasteiger partial charge in [-0.1, -0.05) is 0 Å². The SMILES string of the molecule is COc1ccc(S(=O)(=O)N(Cc2ccncc2)[C@@H](C(=O)NO)[C@H]2CC[C@H](OCCF)CC2)cc1.Cl. The van der Waals surface area contributed by atoms with Crippen LogP contribution >= 0.6 is 12.4 Å². The van der Waals surface area contributed by atoms with E-state index < -0.39 is 28.6 Å². The van der Waals surface area contributed by atoms with Gasteiger partial charge in [-0.05, 0) is 73.6 Å². The number of alkyl halides is 1. The lowest BCUT2D eigenvalue weighted by atomic mass is 9.82. The second-order valence-electron chi connectivity index (χ2n) is 8.10. The average Bonchev–Trinajstić information content (AvgIpc) is 2.88. The van der Waals surface area contributed by atoms with E-state index in [4.69, 9.17) is 9.47 Å². The minimum atomic E-state index is -4.15. The topological polar surface area (TPSA) is 118 Å². The van der Waals surface area contributed by atoms with Crippen LogP contribution in [0.15, 0.2) is 53.7 Å². The first-order valence-corrected chi connectivity index (χ1v) is 12.5. The summed E-state index contributed by atoms with van der Waals surface area (Å²) in [5.41, 5.74) is 2.30. The van der Waals surface area contributed by atoms with Crippen molar-refractivity contribution in [2.24, 2.45) is 5.92 Å². The quantitative estimate of drug-likeness (QED) is 0.338. The van der Waals surface area contributed by atoms with Gasteiger partial charge in [-0.25, -0.2) is 18.3 Å². The number of aromatic nitrogens is 1. The summed E-state index contributed by atoms with van der Waals surface area (Å²) in [7, 11) is -2.67. The number of halogens is 2. The Labute approximate surface area is 211 Å². The summed E-state index contributed by atoms with van der Waals surface area (Å²) in [6.07, 6.45) is 5.04. The van der Waals surface area contributed by atoms with Crippen LogP contribution < -0.4 is 10.2 Å². The molecule has 1 heterocycles. The van der Waals surface area contributed by atoms with E-state index in [2.05, 4.69) is 4.98 Å². The van der Waals surface area contributed by atoms with E-state index in [-0.39, 0.29) is 42.5 Å². The third-order valence-electron chi connectivity index (χ3n) is 6.04. The van der Waals surface area contributed by atoms with Crippen LogP contribution in [0.2, 0.25) is 0 Å². The molecule has 1 aliphatic rings. The first-order valence-electron chi connectivity index (χ1n) is 11.1. The van der Waals surface area contributed by atoms with Crippen LogP contribution in [0.3, 0.4) is 0 Å². The summed E-state index contributed by atoms with van der Waals surface area (Å²) in [6.45, 7) is -0.654. The van der Waals surface area contributed by atoms with Crippen LogP contribution in [0.5, 0.6) is 5.75 Å². The summed E-state index contributed by atoms with van der Waals surface area (Å²) in [5, 5.41) is 9.51. The van der Waals surface area contributed by atoms with Crippen molar-refractivity contribution in [3.63, 3.8) is 0 Å². The molecule has 1 amide bonds. The zero-order valence-electron chi connectivity index (χ0n) is 19.4. The van der Waals surface area contributed by atoms with Crippen molar-refractivity contribution in [3.8, 4) is 5.75 Å². The number of hydrogen-bond donors (Lipinski definition) is 2. The van der Waals surface area contributed by atoms with Gasteiger partial charge in [0.15, 0.2) is 0 Å². The Bertz CT molecular complexity index is 1020. The second-order valence-corrected chi connectivity index (χ2v) is 9.99. The van der Waals surface area contributed by atoms with Crippen LogP contribution in [0.1, 0.15) is 31.2 Å². The number of nitrogens with one attached hydrogen (secondary N) is 1. The highest BCUT2D eigenvalue weighted by Crippen LogP contribution is 2.34. The van der Waals surface area contributed by atoms with E-state index in [0.717, 1.165) is 4.31 Å².